The molecule has 2 unspecified atom stereocenters. The maximum atomic E-state index is 13.7. The normalized spacial score (nSPS) is 20.8. The van der Waals surface area contributed by atoms with E-state index >= 15 is 0 Å². The molecule has 2 atom stereocenters. The summed E-state index contributed by atoms with van der Waals surface area (Å²) < 4.78 is 59.1. The van der Waals surface area contributed by atoms with E-state index in [0.717, 1.165) is 36.3 Å². The molecular formula is C32H36F3N3O5S. The van der Waals surface area contributed by atoms with Crippen LogP contribution in [-0.4, -0.2) is 87.9 Å². The highest BCUT2D eigenvalue weighted by atomic mass is 32.1. The number of nitrogens with one attached hydrogen (secondary N) is 2. The third kappa shape index (κ3) is 8.57. The van der Waals surface area contributed by atoms with Gasteiger partial charge in [-0.15, -0.1) is 11.3 Å². The number of anilines is 2. The van der Waals surface area contributed by atoms with Crippen molar-refractivity contribution in [2.75, 3.05) is 70.3 Å². The van der Waals surface area contributed by atoms with Crippen molar-refractivity contribution in [2.45, 2.75) is 31.5 Å². The molecule has 1 aromatic heterocycles. The SMILES string of the molecule is CN1CCC2Nc3cccc4c(CC(F)(F)F)c(sc34)C#CCNc3cc(cc(C(=O)O)c3)OCCOCCOCCC2C1. The van der Waals surface area contributed by atoms with E-state index in [1.807, 2.05) is 6.07 Å². The summed E-state index contributed by atoms with van der Waals surface area (Å²) in [6.07, 6.45) is -3.74. The second-order valence-corrected chi connectivity index (χ2v) is 12.0. The molecule has 0 amide bonds. The van der Waals surface area contributed by atoms with Crippen molar-refractivity contribution >= 4 is 38.8 Å². The maximum absolute atomic E-state index is 13.7. The van der Waals surface area contributed by atoms with Crippen LogP contribution in [0.15, 0.2) is 36.4 Å². The highest BCUT2D eigenvalue weighted by molar-refractivity contribution is 7.20. The van der Waals surface area contributed by atoms with Gasteiger partial charge in [-0.1, -0.05) is 24.0 Å². The number of alkyl halides is 3. The Kier molecular flexibility index (Phi) is 10.5. The number of rotatable bonds is 2. The number of fused-ring (bicyclic) bond motifs is 4. The largest absolute Gasteiger partial charge is 0.491 e. The molecule has 1 fully saturated rings. The average molecular weight is 632 g/mol. The van der Waals surface area contributed by atoms with Gasteiger partial charge in [-0.3, -0.25) is 0 Å². The second-order valence-electron chi connectivity index (χ2n) is 11.0. The number of ether oxygens (including phenoxy) is 3. The van der Waals surface area contributed by atoms with E-state index in [1.54, 1.807) is 18.2 Å². The van der Waals surface area contributed by atoms with Crippen molar-refractivity contribution in [1.29, 1.82) is 0 Å². The van der Waals surface area contributed by atoms with Gasteiger partial charge in [0.2, 0.25) is 0 Å². The number of nitrogens with zero attached hydrogens (tertiary/aromatic N) is 1. The van der Waals surface area contributed by atoms with Crippen LogP contribution in [0.25, 0.3) is 10.1 Å². The van der Waals surface area contributed by atoms with Crippen molar-refractivity contribution in [3.63, 3.8) is 0 Å². The number of halogens is 3. The van der Waals surface area contributed by atoms with Gasteiger partial charge in [0.15, 0.2) is 0 Å². The number of aromatic carboxylic acids is 1. The zero-order valence-corrected chi connectivity index (χ0v) is 25.3. The van der Waals surface area contributed by atoms with Crippen LogP contribution in [0.1, 0.15) is 33.6 Å². The third-order valence-corrected chi connectivity index (χ3v) is 8.91. The first-order chi connectivity index (χ1) is 21.2. The first-order valence-corrected chi connectivity index (χ1v) is 15.4. The number of carboxylic acid groups (broad SMARTS) is 1. The van der Waals surface area contributed by atoms with Crippen LogP contribution in [0, 0.1) is 17.8 Å². The van der Waals surface area contributed by atoms with Crippen molar-refractivity contribution in [3.05, 3.63) is 52.4 Å². The van der Waals surface area contributed by atoms with Crippen molar-refractivity contribution < 1.29 is 37.3 Å². The fourth-order valence-corrected chi connectivity index (χ4v) is 6.78. The zero-order chi connectivity index (χ0) is 31.1. The number of carboxylic acids is 1. The summed E-state index contributed by atoms with van der Waals surface area (Å²) in [7, 11) is 2.10. The first kappa shape index (κ1) is 31.9. The molecule has 1 saturated heterocycles. The summed E-state index contributed by atoms with van der Waals surface area (Å²) in [5.74, 6) is 5.43. The van der Waals surface area contributed by atoms with Gasteiger partial charge in [0.1, 0.15) is 12.4 Å². The number of benzene rings is 2. The molecule has 12 heteroatoms. The molecule has 0 radical (unpaired) electrons. The second kappa shape index (κ2) is 14.5. The van der Waals surface area contributed by atoms with E-state index < -0.39 is 18.6 Å². The predicted molar refractivity (Wildman–Crippen MR) is 165 cm³/mol. The molecular weight excluding hydrogens is 595 g/mol. The minimum absolute atomic E-state index is 0.0292. The van der Waals surface area contributed by atoms with Crippen LogP contribution in [-0.2, 0) is 15.9 Å². The Morgan fingerprint density at radius 3 is 2.70 bits per heavy atom. The van der Waals surface area contributed by atoms with Crippen LogP contribution in [0.5, 0.6) is 5.75 Å². The number of carbonyl (C=O) groups is 1. The highest BCUT2D eigenvalue weighted by Gasteiger charge is 2.32. The molecule has 44 heavy (non-hydrogen) atoms. The Labute approximate surface area is 258 Å². The third-order valence-electron chi connectivity index (χ3n) is 7.71. The average Bonchev–Trinajstić information content (AvgIpc) is 3.31. The van der Waals surface area contributed by atoms with Crippen LogP contribution in [0.2, 0.25) is 0 Å². The first-order valence-electron chi connectivity index (χ1n) is 14.6. The smallest absolute Gasteiger partial charge is 0.393 e. The molecule has 0 aliphatic carbocycles. The number of likely N-dealkylation sites (tertiary alicyclic amines) is 1. The number of hydrogen-bond donors (Lipinski definition) is 3. The van der Waals surface area contributed by atoms with Gasteiger partial charge in [-0.05, 0) is 61.5 Å². The molecule has 2 aromatic carbocycles. The fourth-order valence-electron chi connectivity index (χ4n) is 5.61. The van der Waals surface area contributed by atoms with Gasteiger partial charge >= 0.3 is 12.1 Å². The molecule has 8 nitrogen and oxygen atoms in total. The minimum Gasteiger partial charge on any atom is -0.491 e. The molecule has 0 spiro atoms. The molecule has 236 valence electrons. The number of thiophene rings is 1. The van der Waals surface area contributed by atoms with Gasteiger partial charge in [0, 0.05) is 30.9 Å². The maximum Gasteiger partial charge on any atom is 0.393 e. The van der Waals surface area contributed by atoms with Gasteiger partial charge < -0.3 is 34.9 Å². The monoisotopic (exact) mass is 631 g/mol. The molecule has 0 saturated carbocycles. The lowest BCUT2D eigenvalue weighted by Gasteiger charge is -2.38. The zero-order valence-electron chi connectivity index (χ0n) is 24.5. The Hall–Kier alpha value is -3.50. The lowest BCUT2D eigenvalue weighted by molar-refractivity contribution is -0.126. The van der Waals surface area contributed by atoms with E-state index in [4.69, 9.17) is 14.2 Å². The lowest BCUT2D eigenvalue weighted by atomic mass is 9.89. The van der Waals surface area contributed by atoms with Crippen molar-refractivity contribution in [1.82, 2.24) is 4.90 Å². The van der Waals surface area contributed by atoms with Crippen LogP contribution >= 0.6 is 11.3 Å². The number of hydrogen-bond acceptors (Lipinski definition) is 8. The summed E-state index contributed by atoms with van der Waals surface area (Å²) in [6, 6.07) is 10.1. The summed E-state index contributed by atoms with van der Waals surface area (Å²) in [4.78, 5) is 14.3. The molecule has 2 aliphatic rings. The highest BCUT2D eigenvalue weighted by Crippen LogP contribution is 2.40. The molecule has 5 rings (SSSR count). The van der Waals surface area contributed by atoms with Crippen LogP contribution < -0.4 is 15.4 Å². The van der Waals surface area contributed by atoms with Crippen molar-refractivity contribution in [2.24, 2.45) is 5.92 Å². The Morgan fingerprint density at radius 2 is 1.91 bits per heavy atom. The van der Waals surface area contributed by atoms with Gasteiger partial charge in [-0.2, -0.15) is 13.2 Å². The van der Waals surface area contributed by atoms with Crippen LogP contribution in [0.4, 0.5) is 24.5 Å². The molecule has 3 N–H and O–H groups in total. The van der Waals surface area contributed by atoms with E-state index in [-0.39, 0.29) is 30.3 Å². The molecule has 3 heterocycles. The fraction of sp³-hybridized carbons (Fsp3) is 0.469. The minimum atomic E-state index is -4.40. The lowest BCUT2D eigenvalue weighted by Crippen LogP contribution is -2.45. The Balaban J connectivity index is 1.47. The van der Waals surface area contributed by atoms with E-state index in [9.17, 15) is 23.1 Å². The van der Waals surface area contributed by atoms with E-state index in [0.29, 0.717) is 54.0 Å². The molecule has 4 bridgehead atoms. The quantitative estimate of drug-likeness (QED) is 0.310. The Bertz CT molecular complexity index is 1520. The van der Waals surface area contributed by atoms with Crippen molar-refractivity contribution in [3.8, 4) is 17.6 Å². The molecule has 3 aromatic rings. The molecule has 2 aliphatic heterocycles. The summed E-state index contributed by atoms with van der Waals surface area (Å²) in [5, 5.41) is 16.8. The topological polar surface area (TPSA) is 92.3 Å². The van der Waals surface area contributed by atoms with Gasteiger partial charge in [0.05, 0.1) is 53.6 Å². The van der Waals surface area contributed by atoms with Crippen LogP contribution in [0.3, 0.4) is 0 Å². The van der Waals surface area contributed by atoms with Gasteiger partial charge in [0.25, 0.3) is 0 Å². The number of piperidine rings is 1. The van der Waals surface area contributed by atoms with Gasteiger partial charge in [-0.25, -0.2) is 4.79 Å². The predicted octanol–water partition coefficient (Wildman–Crippen LogP) is 5.72. The summed E-state index contributed by atoms with van der Waals surface area (Å²) in [6.45, 7) is 3.83. The standard InChI is InChI=1S/C32H36F3N3O5S/c1-38-10-7-27-21(20-38)8-11-41-12-13-42-14-15-43-24-17-22(31(39)40)16-23(18-24)36-9-3-6-29-26(19-32(33,34)35)25-4-2-5-28(37-27)30(25)44-29/h2,4-5,16-18,21,27,36-37H,7-15,19-20H2,1H3,(H,39,40). The van der Waals surface area contributed by atoms with E-state index in [2.05, 4.69) is 34.4 Å². The van der Waals surface area contributed by atoms with E-state index in [1.165, 1.54) is 23.5 Å². The Morgan fingerprint density at radius 1 is 1.11 bits per heavy atom. The summed E-state index contributed by atoms with van der Waals surface area (Å²) in [5.41, 5.74) is 1.48. The summed E-state index contributed by atoms with van der Waals surface area (Å²) >= 11 is 1.26.